The lowest BCUT2D eigenvalue weighted by Gasteiger charge is -2.18. The zero-order valence-electron chi connectivity index (χ0n) is 7.34. The molecule has 0 radical (unpaired) electrons. The zero-order valence-corrected chi connectivity index (χ0v) is 7.34. The molecule has 12 heavy (non-hydrogen) atoms. The molecular formula is C9H14N2O. The lowest BCUT2D eigenvalue weighted by atomic mass is 10.2. The summed E-state index contributed by atoms with van der Waals surface area (Å²) >= 11 is 0. The van der Waals surface area contributed by atoms with Crippen LogP contribution < -0.4 is 5.32 Å². The van der Waals surface area contributed by atoms with E-state index in [1.165, 1.54) is 0 Å². The van der Waals surface area contributed by atoms with E-state index in [-0.39, 0.29) is 5.91 Å². The molecule has 0 spiro atoms. The van der Waals surface area contributed by atoms with Gasteiger partial charge in [-0.25, -0.2) is 0 Å². The number of nitrogens with zero attached hydrogens (tertiary/aromatic N) is 1. The van der Waals surface area contributed by atoms with Gasteiger partial charge in [0.15, 0.2) is 0 Å². The van der Waals surface area contributed by atoms with Crippen LogP contribution in [0.1, 0.15) is 19.8 Å². The third-order valence-corrected chi connectivity index (χ3v) is 2.55. The molecule has 2 aliphatic heterocycles. The van der Waals surface area contributed by atoms with Gasteiger partial charge in [0.2, 0.25) is 5.91 Å². The van der Waals surface area contributed by atoms with Gasteiger partial charge in [0.25, 0.3) is 0 Å². The van der Waals surface area contributed by atoms with E-state index in [0.29, 0.717) is 6.04 Å². The lowest BCUT2D eigenvalue weighted by molar-refractivity contribution is -0.124. The standard InChI is InChI=1S/C9H14N2O/c1-2-10-7-6-9(12)11-5-3-4-8(7)11/h6,8,10H,2-5H2,1H3/t8-/m0/s1. The number of hydrogen-bond donors (Lipinski definition) is 1. The van der Waals surface area contributed by atoms with Crippen molar-refractivity contribution in [2.24, 2.45) is 0 Å². The first-order valence-electron chi connectivity index (χ1n) is 4.59. The van der Waals surface area contributed by atoms with Gasteiger partial charge in [-0.15, -0.1) is 0 Å². The molecule has 1 N–H and O–H groups in total. The summed E-state index contributed by atoms with van der Waals surface area (Å²) in [5.41, 5.74) is 1.13. The van der Waals surface area contributed by atoms with Gasteiger partial charge in [0.05, 0.1) is 6.04 Å². The monoisotopic (exact) mass is 166 g/mol. The van der Waals surface area contributed by atoms with E-state index in [4.69, 9.17) is 0 Å². The van der Waals surface area contributed by atoms with E-state index < -0.39 is 0 Å². The first-order chi connectivity index (χ1) is 5.83. The maximum atomic E-state index is 11.4. The second kappa shape index (κ2) is 2.81. The topological polar surface area (TPSA) is 32.3 Å². The highest BCUT2D eigenvalue weighted by molar-refractivity contribution is 5.92. The van der Waals surface area contributed by atoms with Crippen molar-refractivity contribution in [1.29, 1.82) is 0 Å². The molecular weight excluding hydrogens is 152 g/mol. The predicted molar refractivity (Wildman–Crippen MR) is 46.5 cm³/mol. The second-order valence-electron chi connectivity index (χ2n) is 3.32. The average molecular weight is 166 g/mol. The minimum atomic E-state index is 0.188. The van der Waals surface area contributed by atoms with Crippen molar-refractivity contribution in [2.75, 3.05) is 13.1 Å². The first-order valence-corrected chi connectivity index (χ1v) is 4.59. The highest BCUT2D eigenvalue weighted by Crippen LogP contribution is 2.27. The summed E-state index contributed by atoms with van der Waals surface area (Å²) in [7, 11) is 0. The predicted octanol–water partition coefficient (Wildman–Crippen LogP) is 0.484. The van der Waals surface area contributed by atoms with Crippen molar-refractivity contribution >= 4 is 5.91 Å². The maximum Gasteiger partial charge on any atom is 0.248 e. The fourth-order valence-electron chi connectivity index (χ4n) is 2.04. The van der Waals surface area contributed by atoms with Gasteiger partial charge in [-0.2, -0.15) is 0 Å². The van der Waals surface area contributed by atoms with Crippen LogP contribution in [-0.4, -0.2) is 29.9 Å². The van der Waals surface area contributed by atoms with Crippen LogP contribution in [0.25, 0.3) is 0 Å². The molecule has 0 aromatic carbocycles. The van der Waals surface area contributed by atoms with Crippen molar-refractivity contribution in [3.63, 3.8) is 0 Å². The van der Waals surface area contributed by atoms with Gasteiger partial charge in [-0.05, 0) is 19.8 Å². The number of carbonyl (C=O) groups is 1. The van der Waals surface area contributed by atoms with Gasteiger partial charge in [0, 0.05) is 24.9 Å². The van der Waals surface area contributed by atoms with Crippen LogP contribution in [-0.2, 0) is 4.79 Å². The lowest BCUT2D eigenvalue weighted by Crippen LogP contribution is -2.32. The largest absolute Gasteiger partial charge is 0.387 e. The zero-order chi connectivity index (χ0) is 8.55. The Hall–Kier alpha value is -0.990. The van der Waals surface area contributed by atoms with Crippen LogP contribution in [0.5, 0.6) is 0 Å². The highest BCUT2D eigenvalue weighted by atomic mass is 16.2. The molecule has 0 bridgehead atoms. The SMILES string of the molecule is CCNC1=CC(=O)N2CCC[C@@H]12. The van der Waals surface area contributed by atoms with E-state index in [2.05, 4.69) is 12.2 Å². The molecule has 2 rings (SSSR count). The highest BCUT2D eigenvalue weighted by Gasteiger charge is 2.35. The Labute approximate surface area is 72.4 Å². The molecule has 1 fully saturated rings. The minimum Gasteiger partial charge on any atom is -0.387 e. The Morgan fingerprint density at radius 2 is 2.58 bits per heavy atom. The number of hydrogen-bond acceptors (Lipinski definition) is 2. The van der Waals surface area contributed by atoms with Crippen molar-refractivity contribution in [2.45, 2.75) is 25.8 Å². The summed E-state index contributed by atoms with van der Waals surface area (Å²) in [6.07, 6.45) is 4.02. The summed E-state index contributed by atoms with van der Waals surface area (Å²) in [4.78, 5) is 13.3. The number of nitrogens with one attached hydrogen (secondary N) is 1. The molecule has 1 saturated heterocycles. The normalized spacial score (nSPS) is 27.4. The number of likely N-dealkylation sites (N-methyl/N-ethyl adjacent to an activating group) is 1. The van der Waals surface area contributed by atoms with Gasteiger partial charge in [-0.1, -0.05) is 0 Å². The Morgan fingerprint density at radius 3 is 3.33 bits per heavy atom. The molecule has 1 atom stereocenters. The summed E-state index contributed by atoms with van der Waals surface area (Å²) in [5.74, 6) is 0.188. The van der Waals surface area contributed by atoms with Crippen molar-refractivity contribution in [3.05, 3.63) is 11.8 Å². The Bertz CT molecular complexity index is 235. The van der Waals surface area contributed by atoms with Crippen LogP contribution in [0.4, 0.5) is 0 Å². The summed E-state index contributed by atoms with van der Waals surface area (Å²) < 4.78 is 0. The second-order valence-corrected chi connectivity index (χ2v) is 3.32. The molecule has 0 saturated carbocycles. The van der Waals surface area contributed by atoms with Crippen LogP contribution in [0.15, 0.2) is 11.8 Å². The minimum absolute atomic E-state index is 0.188. The number of carbonyl (C=O) groups excluding carboxylic acids is 1. The fraction of sp³-hybridized carbons (Fsp3) is 0.667. The number of fused-ring (bicyclic) bond motifs is 1. The van der Waals surface area contributed by atoms with Crippen LogP contribution in [0.2, 0.25) is 0 Å². The number of amides is 1. The molecule has 3 heteroatoms. The third kappa shape index (κ3) is 1.00. The van der Waals surface area contributed by atoms with Gasteiger partial charge in [0.1, 0.15) is 0 Å². The molecule has 3 nitrogen and oxygen atoms in total. The molecule has 0 aromatic heterocycles. The van der Waals surface area contributed by atoms with Gasteiger partial charge in [-0.3, -0.25) is 4.79 Å². The maximum absolute atomic E-state index is 11.4. The van der Waals surface area contributed by atoms with E-state index in [9.17, 15) is 4.79 Å². The molecule has 2 heterocycles. The molecule has 0 unspecified atom stereocenters. The average Bonchev–Trinajstić information content (AvgIpc) is 2.58. The van der Waals surface area contributed by atoms with Crippen molar-refractivity contribution in [3.8, 4) is 0 Å². The Morgan fingerprint density at radius 1 is 1.75 bits per heavy atom. The quantitative estimate of drug-likeness (QED) is 0.647. The molecule has 2 aliphatic rings. The third-order valence-electron chi connectivity index (χ3n) is 2.55. The van der Waals surface area contributed by atoms with E-state index >= 15 is 0 Å². The van der Waals surface area contributed by atoms with Crippen molar-refractivity contribution in [1.82, 2.24) is 10.2 Å². The fourth-order valence-corrected chi connectivity index (χ4v) is 2.04. The molecule has 0 aliphatic carbocycles. The van der Waals surface area contributed by atoms with Gasteiger partial charge < -0.3 is 10.2 Å². The summed E-state index contributed by atoms with van der Waals surface area (Å²) in [6, 6.07) is 0.373. The number of rotatable bonds is 2. The van der Waals surface area contributed by atoms with Crippen molar-refractivity contribution < 1.29 is 4.79 Å². The van der Waals surface area contributed by atoms with Crippen LogP contribution in [0, 0.1) is 0 Å². The van der Waals surface area contributed by atoms with Gasteiger partial charge >= 0.3 is 0 Å². The van der Waals surface area contributed by atoms with E-state index in [1.54, 1.807) is 6.08 Å². The first kappa shape index (κ1) is 7.65. The molecule has 1 amide bonds. The Balaban J connectivity index is 2.14. The summed E-state index contributed by atoms with van der Waals surface area (Å²) in [5, 5.41) is 3.24. The molecule has 0 aromatic rings. The summed E-state index contributed by atoms with van der Waals surface area (Å²) in [6.45, 7) is 3.90. The van der Waals surface area contributed by atoms with Crippen LogP contribution in [0.3, 0.4) is 0 Å². The van der Waals surface area contributed by atoms with Crippen LogP contribution >= 0.6 is 0 Å². The molecule has 66 valence electrons. The smallest absolute Gasteiger partial charge is 0.248 e. The Kier molecular flexibility index (Phi) is 1.79. The van der Waals surface area contributed by atoms with E-state index in [1.807, 2.05) is 4.90 Å². The van der Waals surface area contributed by atoms with E-state index in [0.717, 1.165) is 31.6 Å².